The lowest BCUT2D eigenvalue weighted by Gasteiger charge is -2.45. The minimum atomic E-state index is -3.24. The Balaban J connectivity index is 1.66. The molecule has 0 bridgehead atoms. The zero-order chi connectivity index (χ0) is 23.1. The van der Waals surface area contributed by atoms with Gasteiger partial charge in [0.2, 0.25) is 7.29 Å². The molecule has 3 heteroatoms. The third-order valence-corrected chi connectivity index (χ3v) is 10.6. The molecular weight excluding hydrogens is 445 g/mol. The van der Waals surface area contributed by atoms with Crippen molar-refractivity contribution >= 4 is 50.8 Å². The van der Waals surface area contributed by atoms with Gasteiger partial charge < -0.3 is 0 Å². The van der Waals surface area contributed by atoms with Crippen molar-refractivity contribution in [3.63, 3.8) is 0 Å². The van der Waals surface area contributed by atoms with Gasteiger partial charge in [-0.3, -0.25) is 9.24 Å². The molecule has 0 fully saturated rings. The van der Waals surface area contributed by atoms with Crippen LogP contribution in [0.3, 0.4) is 0 Å². The molecule has 35 heavy (non-hydrogen) atoms. The Labute approximate surface area is 203 Å². The van der Waals surface area contributed by atoms with E-state index < -0.39 is 7.29 Å². The molecule has 0 atom stereocenters. The van der Waals surface area contributed by atoms with Gasteiger partial charge in [-0.15, -0.1) is 0 Å². The molecule has 0 aliphatic carbocycles. The van der Waals surface area contributed by atoms with E-state index in [1.807, 2.05) is 12.1 Å². The van der Waals surface area contributed by atoms with E-state index in [2.05, 4.69) is 114 Å². The monoisotopic (exact) mass is 465 g/mol. The fraction of sp³-hybridized carbons (Fsp3) is 0. The lowest BCUT2D eigenvalue weighted by molar-refractivity contribution is 0.587. The van der Waals surface area contributed by atoms with E-state index in [-0.39, 0.29) is 0 Å². The predicted octanol–water partition coefficient (Wildman–Crippen LogP) is 8.02. The Morgan fingerprint density at radius 3 is 1.37 bits per heavy atom. The zero-order valence-corrected chi connectivity index (χ0v) is 19.7. The van der Waals surface area contributed by atoms with Crippen LogP contribution in [-0.2, 0) is 4.57 Å². The smallest absolute Gasteiger partial charge is 0.235 e. The lowest BCUT2D eigenvalue weighted by Crippen LogP contribution is -2.37. The summed E-state index contributed by atoms with van der Waals surface area (Å²) in [6.07, 6.45) is 0. The summed E-state index contributed by atoms with van der Waals surface area (Å²) in [7, 11) is -3.24. The Morgan fingerprint density at radius 2 is 0.857 bits per heavy atom. The fourth-order valence-electron chi connectivity index (χ4n) is 6.07. The van der Waals surface area contributed by atoms with Crippen molar-refractivity contribution in [2.45, 2.75) is 0 Å². The highest BCUT2D eigenvalue weighted by molar-refractivity contribution is 7.81. The van der Waals surface area contributed by atoms with Crippen molar-refractivity contribution in [1.29, 1.82) is 0 Å². The maximum absolute atomic E-state index is 15.8. The van der Waals surface area contributed by atoms with Crippen LogP contribution in [0.15, 0.2) is 121 Å². The van der Waals surface area contributed by atoms with E-state index in [1.54, 1.807) is 0 Å². The summed E-state index contributed by atoms with van der Waals surface area (Å²) in [6.45, 7) is 0. The molecule has 0 amide bonds. The number of rotatable bonds is 0. The number of hydrogen-bond donors (Lipinski definition) is 0. The molecule has 0 saturated heterocycles. The van der Waals surface area contributed by atoms with E-state index in [1.165, 1.54) is 0 Å². The van der Waals surface area contributed by atoms with Gasteiger partial charge in [0.15, 0.2) is 0 Å². The normalized spacial score (nSPS) is 14.6. The van der Waals surface area contributed by atoms with Gasteiger partial charge >= 0.3 is 0 Å². The van der Waals surface area contributed by atoms with Gasteiger partial charge in [-0.2, -0.15) is 0 Å². The Hall–Kier alpha value is -4.13. The molecule has 2 heterocycles. The quantitative estimate of drug-likeness (QED) is 0.212. The summed E-state index contributed by atoms with van der Waals surface area (Å²) < 4.78 is 18.0. The number of hydrogen-bond acceptors (Lipinski definition) is 1. The number of nitrogens with zero attached hydrogens (tertiary/aromatic N) is 1. The third kappa shape index (κ3) is 2.33. The van der Waals surface area contributed by atoms with Crippen molar-refractivity contribution in [2.24, 2.45) is 0 Å². The fourth-order valence-corrected chi connectivity index (χ4v) is 9.38. The SMILES string of the molecule is O=P12c3ccccc3-c3ccc4ccccc4c3N1c1c(ccc3ccccc13)-c1ccccc12. The molecule has 6 aromatic carbocycles. The molecule has 2 aliphatic rings. The van der Waals surface area contributed by atoms with Crippen molar-refractivity contribution < 1.29 is 4.57 Å². The minimum Gasteiger partial charge on any atom is -0.289 e. The van der Waals surface area contributed by atoms with E-state index in [4.69, 9.17) is 0 Å². The van der Waals surface area contributed by atoms with Crippen molar-refractivity contribution in [2.75, 3.05) is 4.67 Å². The van der Waals surface area contributed by atoms with E-state index in [0.29, 0.717) is 0 Å². The maximum Gasteiger partial charge on any atom is 0.235 e. The van der Waals surface area contributed by atoms with Crippen LogP contribution in [-0.4, -0.2) is 0 Å². The lowest BCUT2D eigenvalue weighted by atomic mass is 9.94. The summed E-state index contributed by atoms with van der Waals surface area (Å²) in [6, 6.07) is 42.2. The largest absolute Gasteiger partial charge is 0.289 e. The Kier molecular flexibility index (Phi) is 3.69. The average Bonchev–Trinajstić information content (AvgIpc) is 2.93. The van der Waals surface area contributed by atoms with Gasteiger partial charge in [0.05, 0.1) is 11.4 Å². The number of benzene rings is 6. The number of anilines is 2. The Morgan fingerprint density at radius 1 is 0.429 bits per heavy atom. The topological polar surface area (TPSA) is 20.3 Å². The molecule has 2 aliphatic heterocycles. The molecule has 0 N–H and O–H groups in total. The first-order chi connectivity index (χ1) is 17.3. The maximum atomic E-state index is 15.8. The minimum absolute atomic E-state index is 0.911. The second-order valence-electron chi connectivity index (χ2n) is 9.29. The van der Waals surface area contributed by atoms with Crippen LogP contribution in [0.1, 0.15) is 0 Å². The molecule has 8 rings (SSSR count). The van der Waals surface area contributed by atoms with E-state index in [0.717, 1.165) is 65.8 Å². The summed E-state index contributed by atoms with van der Waals surface area (Å²) in [5.74, 6) is 0. The van der Waals surface area contributed by atoms with Crippen molar-refractivity contribution in [1.82, 2.24) is 0 Å². The summed E-state index contributed by atoms with van der Waals surface area (Å²) in [4.78, 5) is 0. The summed E-state index contributed by atoms with van der Waals surface area (Å²) >= 11 is 0. The van der Waals surface area contributed by atoms with Crippen LogP contribution >= 0.6 is 7.29 Å². The highest BCUT2D eigenvalue weighted by Gasteiger charge is 2.48. The molecule has 0 unspecified atom stereocenters. The summed E-state index contributed by atoms with van der Waals surface area (Å²) in [5.41, 5.74) is 6.46. The highest BCUT2D eigenvalue weighted by atomic mass is 31.2. The van der Waals surface area contributed by atoms with Crippen molar-refractivity contribution in [3.8, 4) is 22.3 Å². The molecule has 164 valence electrons. The highest BCUT2D eigenvalue weighted by Crippen LogP contribution is 2.67. The first kappa shape index (κ1) is 19.2. The molecule has 0 radical (unpaired) electrons. The number of fused-ring (bicyclic) bond motifs is 15. The molecule has 2 nitrogen and oxygen atoms in total. The van der Waals surface area contributed by atoms with Gasteiger partial charge in [0, 0.05) is 32.5 Å². The van der Waals surface area contributed by atoms with Crippen LogP contribution in [0.4, 0.5) is 11.4 Å². The molecular formula is C32H20NOP. The first-order valence-corrected chi connectivity index (χ1v) is 13.6. The predicted molar refractivity (Wildman–Crippen MR) is 148 cm³/mol. The van der Waals surface area contributed by atoms with Gasteiger partial charge in [-0.05, 0) is 34.0 Å². The first-order valence-electron chi connectivity index (χ1n) is 11.9. The van der Waals surface area contributed by atoms with Gasteiger partial charge in [0.25, 0.3) is 0 Å². The standard InChI is InChI=1S/C32H20NOP/c34-35-29-15-7-5-13-25(29)27-19-17-21-9-1-3-11-23(21)31(27)33(35)32-24-12-4-2-10-22(24)18-20-28(32)26-14-6-8-16-30(26)35/h1-20H. The van der Waals surface area contributed by atoms with Crippen molar-refractivity contribution in [3.05, 3.63) is 121 Å². The van der Waals surface area contributed by atoms with Crippen LogP contribution in [0.5, 0.6) is 0 Å². The summed E-state index contributed by atoms with van der Waals surface area (Å²) in [5, 5.41) is 6.37. The van der Waals surface area contributed by atoms with Gasteiger partial charge in [-0.25, -0.2) is 0 Å². The molecule has 0 aromatic heterocycles. The average molecular weight is 465 g/mol. The molecule has 0 spiro atoms. The zero-order valence-electron chi connectivity index (χ0n) is 18.8. The van der Waals surface area contributed by atoms with Gasteiger partial charge in [0.1, 0.15) is 0 Å². The Bertz CT molecular complexity index is 1770. The molecule has 6 aromatic rings. The van der Waals surface area contributed by atoms with Crippen LogP contribution in [0, 0.1) is 0 Å². The second-order valence-corrected chi connectivity index (χ2v) is 11.8. The van der Waals surface area contributed by atoms with E-state index >= 15 is 4.57 Å². The second kappa shape index (κ2) is 6.72. The molecule has 0 saturated carbocycles. The van der Waals surface area contributed by atoms with Crippen LogP contribution < -0.4 is 15.3 Å². The van der Waals surface area contributed by atoms with Gasteiger partial charge in [-0.1, -0.05) is 109 Å². The van der Waals surface area contributed by atoms with Crippen LogP contribution in [0.2, 0.25) is 0 Å². The van der Waals surface area contributed by atoms with E-state index in [9.17, 15) is 0 Å². The third-order valence-electron chi connectivity index (χ3n) is 7.55. The van der Waals surface area contributed by atoms with Crippen LogP contribution in [0.25, 0.3) is 43.8 Å².